The molecule has 0 radical (unpaired) electrons. The average molecular weight is 205 g/mol. The molecule has 1 aliphatic heterocycles. The van der Waals surface area contributed by atoms with E-state index < -0.39 is 0 Å². The van der Waals surface area contributed by atoms with Gasteiger partial charge < -0.3 is 10.5 Å². The highest BCUT2D eigenvalue weighted by Crippen LogP contribution is 2.22. The Balaban J connectivity index is 1.90. The Bertz CT molecular complexity index is 299. The highest BCUT2D eigenvalue weighted by atomic mass is 16.5. The van der Waals surface area contributed by atoms with Crippen LogP contribution in [0.25, 0.3) is 0 Å². The van der Waals surface area contributed by atoms with Crippen LogP contribution in [0.3, 0.4) is 0 Å². The number of ether oxygens (including phenoxy) is 1. The molecule has 2 heteroatoms. The van der Waals surface area contributed by atoms with Crippen LogP contribution in [-0.4, -0.2) is 18.2 Å². The molecule has 1 aromatic carbocycles. The van der Waals surface area contributed by atoms with Gasteiger partial charge >= 0.3 is 0 Å². The highest BCUT2D eigenvalue weighted by Gasteiger charge is 2.27. The van der Waals surface area contributed by atoms with Crippen molar-refractivity contribution in [3.63, 3.8) is 0 Å². The van der Waals surface area contributed by atoms with E-state index in [0.717, 1.165) is 19.3 Å². The molecular weight excluding hydrogens is 186 g/mol. The molecule has 0 amide bonds. The minimum Gasteiger partial charge on any atom is -0.374 e. The summed E-state index contributed by atoms with van der Waals surface area (Å²) in [7, 11) is 0. The summed E-state index contributed by atoms with van der Waals surface area (Å²) in [5.74, 6) is 0. The van der Waals surface area contributed by atoms with E-state index in [1.165, 1.54) is 5.56 Å². The van der Waals surface area contributed by atoms with Crippen LogP contribution < -0.4 is 5.73 Å². The molecule has 2 rings (SSSR count). The maximum absolute atomic E-state index is 6.15. The molecule has 0 saturated carbocycles. The Labute approximate surface area is 91.4 Å². The van der Waals surface area contributed by atoms with E-state index in [4.69, 9.17) is 10.5 Å². The lowest BCUT2D eigenvalue weighted by atomic mass is 10.0. The first-order valence-electron chi connectivity index (χ1n) is 5.70. The van der Waals surface area contributed by atoms with E-state index >= 15 is 0 Å². The Hall–Kier alpha value is -0.860. The van der Waals surface area contributed by atoms with Crippen molar-refractivity contribution in [1.29, 1.82) is 0 Å². The van der Waals surface area contributed by atoms with Gasteiger partial charge in [-0.25, -0.2) is 0 Å². The molecule has 1 aliphatic rings. The number of hydrogen-bond donors (Lipinski definition) is 1. The largest absolute Gasteiger partial charge is 0.374 e. The monoisotopic (exact) mass is 205 g/mol. The molecule has 1 fully saturated rings. The van der Waals surface area contributed by atoms with E-state index in [-0.39, 0.29) is 12.1 Å². The molecular formula is C13H19NO. The molecule has 1 aromatic rings. The van der Waals surface area contributed by atoms with Crippen molar-refractivity contribution in [3.05, 3.63) is 35.9 Å². The maximum atomic E-state index is 6.15. The summed E-state index contributed by atoms with van der Waals surface area (Å²) in [6.07, 6.45) is 3.80. The van der Waals surface area contributed by atoms with E-state index in [1.54, 1.807) is 0 Å². The molecule has 0 aliphatic carbocycles. The quantitative estimate of drug-likeness (QED) is 0.820. The van der Waals surface area contributed by atoms with Gasteiger partial charge in [0.2, 0.25) is 0 Å². The predicted octanol–water partition coefficient (Wildman–Crippen LogP) is 2.12. The number of rotatable bonds is 3. The first kappa shape index (κ1) is 10.7. The first-order valence-corrected chi connectivity index (χ1v) is 5.70. The van der Waals surface area contributed by atoms with E-state index in [2.05, 4.69) is 31.2 Å². The Morgan fingerprint density at radius 2 is 2.07 bits per heavy atom. The van der Waals surface area contributed by atoms with Crippen molar-refractivity contribution in [2.24, 2.45) is 5.73 Å². The topological polar surface area (TPSA) is 35.2 Å². The Morgan fingerprint density at radius 3 is 2.67 bits per heavy atom. The van der Waals surface area contributed by atoms with Gasteiger partial charge in [0, 0.05) is 6.04 Å². The third-order valence-corrected chi connectivity index (χ3v) is 3.06. The molecule has 0 aromatic heterocycles. The van der Waals surface area contributed by atoms with Crippen LogP contribution in [0, 0.1) is 0 Å². The smallest absolute Gasteiger partial charge is 0.0733 e. The first-order chi connectivity index (χ1) is 7.25. The molecule has 2 nitrogen and oxygen atoms in total. The second-order valence-electron chi connectivity index (χ2n) is 4.42. The van der Waals surface area contributed by atoms with Gasteiger partial charge in [-0.15, -0.1) is 0 Å². The lowest BCUT2D eigenvalue weighted by molar-refractivity contribution is 0.0404. The average Bonchev–Trinajstić information content (AvgIpc) is 2.66. The SMILES string of the molecule is CC1CCC(C(N)Cc2ccccc2)O1. The zero-order valence-corrected chi connectivity index (χ0v) is 9.23. The van der Waals surface area contributed by atoms with Crippen molar-refractivity contribution in [2.45, 2.75) is 44.4 Å². The lowest BCUT2D eigenvalue weighted by Gasteiger charge is -2.19. The van der Waals surface area contributed by atoms with Crippen LogP contribution in [0.5, 0.6) is 0 Å². The van der Waals surface area contributed by atoms with Crippen molar-refractivity contribution in [2.75, 3.05) is 0 Å². The third kappa shape index (κ3) is 2.80. The number of benzene rings is 1. The molecule has 3 atom stereocenters. The fourth-order valence-electron chi connectivity index (χ4n) is 2.17. The summed E-state index contributed by atoms with van der Waals surface area (Å²) >= 11 is 0. The van der Waals surface area contributed by atoms with Gasteiger partial charge in [0.05, 0.1) is 12.2 Å². The van der Waals surface area contributed by atoms with Crippen molar-refractivity contribution >= 4 is 0 Å². The van der Waals surface area contributed by atoms with Crippen LogP contribution >= 0.6 is 0 Å². The minimum atomic E-state index is 0.136. The van der Waals surface area contributed by atoms with Crippen LogP contribution in [-0.2, 0) is 11.2 Å². The minimum absolute atomic E-state index is 0.136. The summed E-state index contributed by atoms with van der Waals surface area (Å²) in [6, 6.07) is 10.5. The standard InChI is InChI=1S/C13H19NO/c1-10-7-8-13(15-10)12(14)9-11-5-3-2-4-6-11/h2-6,10,12-13H,7-9,14H2,1H3. The molecule has 1 heterocycles. The molecule has 15 heavy (non-hydrogen) atoms. The molecule has 2 N–H and O–H groups in total. The summed E-state index contributed by atoms with van der Waals surface area (Å²) in [5.41, 5.74) is 7.45. The fourth-order valence-corrected chi connectivity index (χ4v) is 2.17. The van der Waals surface area contributed by atoms with Crippen LogP contribution in [0.15, 0.2) is 30.3 Å². The van der Waals surface area contributed by atoms with Gasteiger partial charge in [0.15, 0.2) is 0 Å². The van der Waals surface area contributed by atoms with Crippen LogP contribution in [0.1, 0.15) is 25.3 Å². The predicted molar refractivity (Wildman–Crippen MR) is 61.7 cm³/mol. The van der Waals surface area contributed by atoms with E-state index in [0.29, 0.717) is 6.10 Å². The van der Waals surface area contributed by atoms with E-state index in [1.807, 2.05) is 6.07 Å². The summed E-state index contributed by atoms with van der Waals surface area (Å²) in [5, 5.41) is 0. The van der Waals surface area contributed by atoms with E-state index in [9.17, 15) is 0 Å². The number of nitrogens with two attached hydrogens (primary N) is 1. The summed E-state index contributed by atoms with van der Waals surface area (Å²) in [6.45, 7) is 2.12. The normalized spacial score (nSPS) is 27.9. The highest BCUT2D eigenvalue weighted by molar-refractivity contribution is 5.16. The molecule has 1 saturated heterocycles. The lowest BCUT2D eigenvalue weighted by Crippen LogP contribution is -2.36. The van der Waals surface area contributed by atoms with Gasteiger partial charge in [0.25, 0.3) is 0 Å². The zero-order chi connectivity index (χ0) is 10.7. The Morgan fingerprint density at radius 1 is 1.33 bits per heavy atom. The maximum Gasteiger partial charge on any atom is 0.0733 e. The number of hydrogen-bond acceptors (Lipinski definition) is 2. The zero-order valence-electron chi connectivity index (χ0n) is 9.23. The summed E-state index contributed by atoms with van der Waals surface area (Å²) in [4.78, 5) is 0. The van der Waals surface area contributed by atoms with Crippen LogP contribution in [0.4, 0.5) is 0 Å². The van der Waals surface area contributed by atoms with Crippen molar-refractivity contribution < 1.29 is 4.74 Å². The molecule has 82 valence electrons. The van der Waals surface area contributed by atoms with Gasteiger partial charge in [-0.1, -0.05) is 30.3 Å². The molecule has 0 spiro atoms. The summed E-state index contributed by atoms with van der Waals surface area (Å²) < 4.78 is 5.77. The van der Waals surface area contributed by atoms with Crippen molar-refractivity contribution in [1.82, 2.24) is 0 Å². The van der Waals surface area contributed by atoms with Gasteiger partial charge in [-0.3, -0.25) is 0 Å². The van der Waals surface area contributed by atoms with Crippen LogP contribution in [0.2, 0.25) is 0 Å². The third-order valence-electron chi connectivity index (χ3n) is 3.06. The Kier molecular flexibility index (Phi) is 3.39. The van der Waals surface area contributed by atoms with Crippen molar-refractivity contribution in [3.8, 4) is 0 Å². The van der Waals surface area contributed by atoms with Gasteiger partial charge in [0.1, 0.15) is 0 Å². The second-order valence-corrected chi connectivity index (χ2v) is 4.42. The second kappa shape index (κ2) is 4.77. The fraction of sp³-hybridized carbons (Fsp3) is 0.538. The van der Waals surface area contributed by atoms with Gasteiger partial charge in [-0.2, -0.15) is 0 Å². The molecule has 3 unspecified atom stereocenters. The van der Waals surface area contributed by atoms with Gasteiger partial charge in [-0.05, 0) is 31.7 Å². The molecule has 0 bridgehead atoms.